The maximum Gasteiger partial charge on any atom is 0.326 e. The van der Waals surface area contributed by atoms with E-state index in [9.17, 15) is 4.79 Å². The van der Waals surface area contributed by atoms with E-state index < -0.39 is 0 Å². The Morgan fingerprint density at radius 1 is 0.955 bits per heavy atom. The van der Waals surface area contributed by atoms with E-state index in [-0.39, 0.29) is 5.69 Å². The van der Waals surface area contributed by atoms with Gasteiger partial charge in [-0.3, -0.25) is 4.57 Å². The third kappa shape index (κ3) is 1.86. The molecule has 3 nitrogen and oxygen atoms in total. The molecule has 4 aromatic rings. The molecule has 0 radical (unpaired) electrons. The van der Waals surface area contributed by atoms with Crippen LogP contribution in [-0.2, 0) is 6.54 Å². The Bertz CT molecular complexity index is 1030. The number of rotatable bonds is 2. The molecular formula is C19H16N2O. The highest BCUT2D eigenvalue weighted by Crippen LogP contribution is 2.29. The molecule has 1 N–H and O–H groups in total. The van der Waals surface area contributed by atoms with Crippen LogP contribution in [0.3, 0.4) is 0 Å². The highest BCUT2D eigenvalue weighted by atomic mass is 16.1. The fourth-order valence-corrected chi connectivity index (χ4v) is 3.09. The average Bonchev–Trinajstić information content (AvgIpc) is 3.00. The molecule has 0 aliphatic carbocycles. The van der Waals surface area contributed by atoms with Gasteiger partial charge in [-0.1, -0.05) is 48.5 Å². The van der Waals surface area contributed by atoms with Crippen molar-refractivity contribution in [2.75, 3.05) is 0 Å². The Kier molecular flexibility index (Phi) is 2.86. The van der Waals surface area contributed by atoms with Crippen molar-refractivity contribution >= 4 is 21.7 Å². The maximum absolute atomic E-state index is 12.4. The summed E-state index contributed by atoms with van der Waals surface area (Å²) in [5.74, 6) is 0. The Labute approximate surface area is 127 Å². The minimum Gasteiger partial charge on any atom is -0.306 e. The van der Waals surface area contributed by atoms with E-state index in [0.717, 1.165) is 22.2 Å². The number of fused-ring (bicyclic) bond motifs is 2. The second-order valence-corrected chi connectivity index (χ2v) is 5.44. The average molecular weight is 288 g/mol. The van der Waals surface area contributed by atoms with Crippen LogP contribution in [0.4, 0.5) is 0 Å². The minimum atomic E-state index is -0.0697. The Hall–Kier alpha value is -2.81. The van der Waals surface area contributed by atoms with Gasteiger partial charge in [0, 0.05) is 11.9 Å². The quantitative estimate of drug-likeness (QED) is 0.590. The van der Waals surface area contributed by atoms with Crippen molar-refractivity contribution in [1.82, 2.24) is 9.55 Å². The molecule has 0 aliphatic heterocycles. The first-order chi connectivity index (χ1) is 10.8. The third-order valence-electron chi connectivity index (χ3n) is 4.17. The van der Waals surface area contributed by atoms with Crippen LogP contribution in [0.1, 0.15) is 6.92 Å². The minimum absolute atomic E-state index is 0.0697. The lowest BCUT2D eigenvalue weighted by molar-refractivity contribution is 0.733. The topological polar surface area (TPSA) is 37.8 Å². The molecule has 4 rings (SSSR count). The fraction of sp³-hybridized carbons (Fsp3) is 0.105. The number of H-pyrrole nitrogens is 1. The Balaban J connectivity index is 2.19. The number of nitrogens with zero attached hydrogens (tertiary/aromatic N) is 1. The molecule has 0 unspecified atom stereocenters. The van der Waals surface area contributed by atoms with Gasteiger partial charge in [0.2, 0.25) is 0 Å². The van der Waals surface area contributed by atoms with Crippen LogP contribution < -0.4 is 5.69 Å². The van der Waals surface area contributed by atoms with Crippen LogP contribution in [-0.4, -0.2) is 9.55 Å². The first-order valence-corrected chi connectivity index (χ1v) is 7.48. The van der Waals surface area contributed by atoms with Crippen LogP contribution in [0.2, 0.25) is 0 Å². The molecule has 0 amide bonds. The molecule has 0 atom stereocenters. The Morgan fingerprint density at radius 3 is 2.41 bits per heavy atom. The number of hydrogen-bond donors (Lipinski definition) is 1. The largest absolute Gasteiger partial charge is 0.326 e. The summed E-state index contributed by atoms with van der Waals surface area (Å²) in [5, 5.41) is 3.44. The fourth-order valence-electron chi connectivity index (χ4n) is 3.09. The molecule has 0 saturated heterocycles. The molecule has 0 aliphatic rings. The van der Waals surface area contributed by atoms with E-state index in [1.165, 1.54) is 10.8 Å². The molecule has 0 saturated carbocycles. The lowest BCUT2D eigenvalue weighted by Crippen LogP contribution is -2.23. The van der Waals surface area contributed by atoms with Crippen molar-refractivity contribution in [3.8, 4) is 11.3 Å². The molecule has 0 spiro atoms. The van der Waals surface area contributed by atoms with Gasteiger partial charge in [0.1, 0.15) is 0 Å². The number of nitrogens with one attached hydrogen (secondary N) is 1. The van der Waals surface area contributed by atoms with Crippen molar-refractivity contribution in [3.63, 3.8) is 0 Å². The lowest BCUT2D eigenvalue weighted by atomic mass is 10.0. The lowest BCUT2D eigenvalue weighted by Gasteiger charge is -2.13. The summed E-state index contributed by atoms with van der Waals surface area (Å²) >= 11 is 0. The van der Waals surface area contributed by atoms with Gasteiger partial charge in [-0.05, 0) is 35.4 Å². The molecule has 0 fully saturated rings. The van der Waals surface area contributed by atoms with Gasteiger partial charge in [-0.15, -0.1) is 0 Å². The zero-order valence-electron chi connectivity index (χ0n) is 12.3. The zero-order valence-corrected chi connectivity index (χ0v) is 12.3. The second kappa shape index (κ2) is 4.88. The molecule has 0 bridgehead atoms. The first-order valence-electron chi connectivity index (χ1n) is 7.48. The van der Waals surface area contributed by atoms with Crippen LogP contribution in [0, 0.1) is 0 Å². The molecule has 1 aromatic heterocycles. The molecule has 22 heavy (non-hydrogen) atoms. The summed E-state index contributed by atoms with van der Waals surface area (Å²) in [6.07, 6.45) is 0. The monoisotopic (exact) mass is 288 g/mol. The number of aromatic amines is 1. The van der Waals surface area contributed by atoms with Crippen LogP contribution in [0.25, 0.3) is 32.9 Å². The molecule has 1 heterocycles. The van der Waals surface area contributed by atoms with Gasteiger partial charge in [0.05, 0.1) is 11.2 Å². The van der Waals surface area contributed by atoms with E-state index in [0.29, 0.717) is 6.54 Å². The Morgan fingerprint density at radius 2 is 1.68 bits per heavy atom. The van der Waals surface area contributed by atoms with Gasteiger partial charge in [0.15, 0.2) is 0 Å². The normalized spacial score (nSPS) is 11.3. The van der Waals surface area contributed by atoms with E-state index in [4.69, 9.17) is 0 Å². The smallest absolute Gasteiger partial charge is 0.306 e. The predicted molar refractivity (Wildman–Crippen MR) is 91.2 cm³/mol. The molecule has 3 heteroatoms. The second-order valence-electron chi connectivity index (χ2n) is 5.44. The standard InChI is InChI=1S/C19H16N2O/c1-2-21-17-12-15-10-6-9-14(15)11-16(17)18(20-19(21)22)13-7-4-3-5-8-13/h3-12H,2H2,1H3,(H,20,22). The SMILES string of the molecule is CCn1c(=O)[nH]c(-c2ccccc2)c2cc3cccc3cc21. The maximum atomic E-state index is 12.4. The summed E-state index contributed by atoms with van der Waals surface area (Å²) in [5.41, 5.74) is 2.82. The van der Waals surface area contributed by atoms with Crippen molar-refractivity contribution in [1.29, 1.82) is 0 Å². The van der Waals surface area contributed by atoms with E-state index in [1.807, 2.05) is 43.3 Å². The number of aryl methyl sites for hydroxylation is 1. The van der Waals surface area contributed by atoms with Crippen LogP contribution in [0.15, 0.2) is 65.5 Å². The number of benzene rings is 2. The summed E-state index contributed by atoms with van der Waals surface area (Å²) in [6.45, 7) is 2.64. The third-order valence-corrected chi connectivity index (χ3v) is 4.17. The highest BCUT2D eigenvalue weighted by Gasteiger charge is 2.11. The molecule has 108 valence electrons. The van der Waals surface area contributed by atoms with E-state index >= 15 is 0 Å². The summed E-state index contributed by atoms with van der Waals surface area (Å²) in [4.78, 5) is 15.5. The molecular weight excluding hydrogens is 272 g/mol. The van der Waals surface area contributed by atoms with Gasteiger partial charge < -0.3 is 4.98 Å². The van der Waals surface area contributed by atoms with E-state index in [1.54, 1.807) is 4.57 Å². The van der Waals surface area contributed by atoms with Gasteiger partial charge in [-0.2, -0.15) is 0 Å². The van der Waals surface area contributed by atoms with Gasteiger partial charge >= 0.3 is 5.69 Å². The van der Waals surface area contributed by atoms with E-state index in [2.05, 4.69) is 29.2 Å². The van der Waals surface area contributed by atoms with Gasteiger partial charge in [0.25, 0.3) is 0 Å². The zero-order chi connectivity index (χ0) is 15.1. The number of hydrogen-bond acceptors (Lipinski definition) is 1. The summed E-state index contributed by atoms with van der Waals surface area (Å²) in [6, 6.07) is 20.5. The molecule has 3 aromatic carbocycles. The van der Waals surface area contributed by atoms with Gasteiger partial charge in [-0.25, -0.2) is 4.79 Å². The highest BCUT2D eigenvalue weighted by molar-refractivity contribution is 6.02. The summed E-state index contributed by atoms with van der Waals surface area (Å²) < 4.78 is 1.79. The predicted octanol–water partition coefficient (Wildman–Crippen LogP) is 4.17. The van der Waals surface area contributed by atoms with Crippen molar-refractivity contribution < 1.29 is 0 Å². The van der Waals surface area contributed by atoms with Crippen molar-refractivity contribution in [3.05, 3.63) is 71.1 Å². The van der Waals surface area contributed by atoms with Crippen molar-refractivity contribution in [2.24, 2.45) is 0 Å². The first kappa shape index (κ1) is 12.9. The van der Waals surface area contributed by atoms with Crippen LogP contribution in [0.5, 0.6) is 0 Å². The summed E-state index contributed by atoms with van der Waals surface area (Å²) in [7, 11) is 0. The van der Waals surface area contributed by atoms with Crippen molar-refractivity contribution in [2.45, 2.75) is 13.5 Å². The number of aromatic nitrogens is 2. The van der Waals surface area contributed by atoms with Crippen LogP contribution >= 0.6 is 0 Å².